The van der Waals surface area contributed by atoms with E-state index in [1.54, 1.807) is 0 Å². The van der Waals surface area contributed by atoms with Crippen molar-refractivity contribution in [2.24, 2.45) is 0 Å². The summed E-state index contributed by atoms with van der Waals surface area (Å²) in [6.07, 6.45) is 93.6. The summed E-state index contributed by atoms with van der Waals surface area (Å²) in [7, 11) is 0. The maximum atomic E-state index is 12.9. The van der Waals surface area contributed by atoms with Crippen molar-refractivity contribution in [1.82, 2.24) is 0 Å². The number of allylic oxidation sites excluding steroid dienone is 20. The molecule has 0 aliphatic rings. The molecule has 80 heavy (non-hydrogen) atoms. The average Bonchev–Trinajstić information content (AvgIpc) is 3.46. The topological polar surface area (TPSA) is 78.9 Å². The summed E-state index contributed by atoms with van der Waals surface area (Å²) in [5.41, 5.74) is 0. The van der Waals surface area contributed by atoms with Gasteiger partial charge in [0.15, 0.2) is 6.10 Å². The highest BCUT2D eigenvalue weighted by atomic mass is 16.6. The number of carbonyl (C=O) groups is 3. The van der Waals surface area contributed by atoms with Crippen molar-refractivity contribution in [1.29, 1.82) is 0 Å². The van der Waals surface area contributed by atoms with Crippen molar-refractivity contribution < 1.29 is 28.6 Å². The number of unbranched alkanes of at least 4 members (excludes halogenated alkanes) is 29. The van der Waals surface area contributed by atoms with Crippen molar-refractivity contribution in [3.8, 4) is 0 Å². The van der Waals surface area contributed by atoms with Gasteiger partial charge in [-0.3, -0.25) is 14.4 Å². The summed E-state index contributed by atoms with van der Waals surface area (Å²) in [6, 6.07) is 0. The zero-order chi connectivity index (χ0) is 57.8. The number of hydrogen-bond donors (Lipinski definition) is 0. The predicted octanol–water partition coefficient (Wildman–Crippen LogP) is 23.2. The molecule has 0 aliphatic heterocycles. The summed E-state index contributed by atoms with van der Waals surface area (Å²) in [6.45, 7) is 6.41. The van der Waals surface area contributed by atoms with Crippen LogP contribution in [0.5, 0.6) is 0 Å². The fourth-order valence-corrected chi connectivity index (χ4v) is 9.22. The van der Waals surface area contributed by atoms with Gasteiger partial charge in [0, 0.05) is 19.3 Å². The average molecular weight is 1110 g/mol. The molecule has 0 bridgehead atoms. The summed E-state index contributed by atoms with van der Waals surface area (Å²) in [5.74, 6) is -0.908. The minimum absolute atomic E-state index is 0.0885. The summed E-state index contributed by atoms with van der Waals surface area (Å²) >= 11 is 0. The third kappa shape index (κ3) is 64.6. The molecular weight excluding hydrogens is 985 g/mol. The first-order valence-corrected chi connectivity index (χ1v) is 33.5. The normalized spacial score (nSPS) is 12.9. The molecule has 0 aliphatic carbocycles. The molecular formula is C74H124O6. The Bertz CT molecular complexity index is 1650. The van der Waals surface area contributed by atoms with Crippen molar-refractivity contribution in [3.63, 3.8) is 0 Å². The highest BCUT2D eigenvalue weighted by Crippen LogP contribution is 2.16. The van der Waals surface area contributed by atoms with Crippen LogP contribution >= 0.6 is 0 Å². The second-order valence-electron chi connectivity index (χ2n) is 22.0. The fourth-order valence-electron chi connectivity index (χ4n) is 9.22. The van der Waals surface area contributed by atoms with Gasteiger partial charge in [-0.25, -0.2) is 0 Å². The lowest BCUT2D eigenvalue weighted by atomic mass is 10.0. The monoisotopic (exact) mass is 1110 g/mol. The zero-order valence-electron chi connectivity index (χ0n) is 52.3. The molecule has 1 atom stereocenters. The van der Waals surface area contributed by atoms with Crippen LogP contribution in [0.15, 0.2) is 122 Å². The molecule has 0 heterocycles. The molecule has 0 amide bonds. The molecule has 6 nitrogen and oxygen atoms in total. The molecule has 0 aromatic heterocycles. The Morgan fingerprint density at radius 3 is 0.775 bits per heavy atom. The molecule has 0 spiro atoms. The van der Waals surface area contributed by atoms with Gasteiger partial charge < -0.3 is 14.2 Å². The zero-order valence-corrected chi connectivity index (χ0v) is 52.3. The van der Waals surface area contributed by atoms with Crippen molar-refractivity contribution in [2.75, 3.05) is 13.2 Å². The van der Waals surface area contributed by atoms with Crippen LogP contribution in [-0.4, -0.2) is 37.2 Å². The molecule has 6 heteroatoms. The minimum atomic E-state index is -0.793. The third-order valence-electron chi connectivity index (χ3n) is 14.2. The number of rotatable bonds is 60. The van der Waals surface area contributed by atoms with E-state index in [0.717, 1.165) is 148 Å². The van der Waals surface area contributed by atoms with Crippen LogP contribution in [0.3, 0.4) is 0 Å². The first-order valence-electron chi connectivity index (χ1n) is 33.5. The van der Waals surface area contributed by atoms with Crippen LogP contribution in [-0.2, 0) is 28.6 Å². The first-order chi connectivity index (χ1) is 39.5. The van der Waals surface area contributed by atoms with Gasteiger partial charge in [-0.2, -0.15) is 0 Å². The Morgan fingerprint density at radius 2 is 0.487 bits per heavy atom. The van der Waals surface area contributed by atoms with E-state index in [2.05, 4.69) is 142 Å². The Hall–Kier alpha value is -4.19. The van der Waals surface area contributed by atoms with Crippen LogP contribution in [0.2, 0.25) is 0 Å². The fraction of sp³-hybridized carbons (Fsp3) is 0.689. The van der Waals surface area contributed by atoms with Crippen LogP contribution < -0.4 is 0 Å². The Balaban J connectivity index is 4.29. The van der Waals surface area contributed by atoms with E-state index in [1.807, 2.05) is 0 Å². The number of ether oxygens (including phenoxy) is 3. The van der Waals surface area contributed by atoms with Gasteiger partial charge in [-0.1, -0.05) is 284 Å². The molecule has 0 saturated carbocycles. The molecule has 0 N–H and O–H groups in total. The highest BCUT2D eigenvalue weighted by molar-refractivity contribution is 5.71. The second-order valence-corrected chi connectivity index (χ2v) is 22.0. The predicted molar refractivity (Wildman–Crippen MR) is 348 cm³/mol. The van der Waals surface area contributed by atoms with E-state index in [-0.39, 0.29) is 31.1 Å². The molecule has 0 fully saturated rings. The van der Waals surface area contributed by atoms with Gasteiger partial charge in [0.2, 0.25) is 0 Å². The number of hydrogen-bond acceptors (Lipinski definition) is 6. The van der Waals surface area contributed by atoms with Crippen molar-refractivity contribution in [2.45, 2.75) is 316 Å². The van der Waals surface area contributed by atoms with Gasteiger partial charge in [0.05, 0.1) is 0 Å². The molecule has 456 valence electrons. The summed E-state index contributed by atoms with van der Waals surface area (Å²) < 4.78 is 16.9. The summed E-state index contributed by atoms with van der Waals surface area (Å²) in [5, 5.41) is 0. The largest absolute Gasteiger partial charge is 0.462 e. The molecule has 0 aromatic carbocycles. The third-order valence-corrected chi connectivity index (χ3v) is 14.2. The SMILES string of the molecule is CC/C=C\C/C=C\C/C=C\C/C=C\C/C=C\C/C=C\CCCCCCCCCCCCCCC(=O)OCC(COC(=O)CCCCCCC/C=C\C/C=C\C/C=C\CC)OC(=O)CCCCCCC/C=C\CCCCCCCCC. The molecule has 0 radical (unpaired) electrons. The van der Waals surface area contributed by atoms with E-state index < -0.39 is 6.10 Å². The second kappa shape index (κ2) is 67.3. The standard InChI is InChI=1S/C74H124O6/c1-4-7-10-13-16-19-22-25-28-30-31-32-33-34-35-36-37-38-39-40-41-42-43-44-47-49-52-55-58-61-64-67-73(76)79-70-71(69-78-72(75)66-63-60-57-54-51-48-45-27-24-21-18-15-12-9-6-3)80-74(77)68-65-62-59-56-53-50-46-29-26-23-20-17-14-11-8-5-2/h7,9-10,12,16,18-19,21,25,27-29,31-32,34-35,37-38,45-46,71H,4-6,8,11,13-15,17,20,22-24,26,30,33,36,39-44,47-70H2,1-3H3/b10-7-,12-9-,19-16-,21-18-,28-25-,32-31-,35-34-,38-37-,45-27-,46-29-. The molecule has 0 rings (SSSR count). The van der Waals surface area contributed by atoms with Gasteiger partial charge in [0.1, 0.15) is 13.2 Å². The molecule has 0 saturated heterocycles. The Labute approximate surface area is 494 Å². The van der Waals surface area contributed by atoms with Gasteiger partial charge in [-0.15, -0.1) is 0 Å². The Kier molecular flexibility index (Phi) is 63.8. The van der Waals surface area contributed by atoms with Crippen molar-refractivity contribution >= 4 is 17.9 Å². The number of esters is 3. The first kappa shape index (κ1) is 75.8. The molecule has 1 unspecified atom stereocenters. The summed E-state index contributed by atoms with van der Waals surface area (Å²) in [4.78, 5) is 38.3. The lowest BCUT2D eigenvalue weighted by Crippen LogP contribution is -2.30. The maximum absolute atomic E-state index is 12.9. The lowest BCUT2D eigenvalue weighted by molar-refractivity contribution is -0.167. The highest BCUT2D eigenvalue weighted by Gasteiger charge is 2.19. The smallest absolute Gasteiger partial charge is 0.306 e. The van der Waals surface area contributed by atoms with E-state index in [1.165, 1.54) is 122 Å². The minimum Gasteiger partial charge on any atom is -0.462 e. The van der Waals surface area contributed by atoms with Gasteiger partial charge in [-0.05, 0) is 128 Å². The van der Waals surface area contributed by atoms with Crippen LogP contribution in [0.4, 0.5) is 0 Å². The van der Waals surface area contributed by atoms with E-state index in [4.69, 9.17) is 14.2 Å². The van der Waals surface area contributed by atoms with E-state index >= 15 is 0 Å². The molecule has 0 aromatic rings. The van der Waals surface area contributed by atoms with Gasteiger partial charge in [0.25, 0.3) is 0 Å². The van der Waals surface area contributed by atoms with E-state index in [9.17, 15) is 14.4 Å². The van der Waals surface area contributed by atoms with Crippen molar-refractivity contribution in [3.05, 3.63) is 122 Å². The maximum Gasteiger partial charge on any atom is 0.306 e. The van der Waals surface area contributed by atoms with Crippen LogP contribution in [0, 0.1) is 0 Å². The lowest BCUT2D eigenvalue weighted by Gasteiger charge is -2.18. The Morgan fingerprint density at radius 1 is 0.263 bits per heavy atom. The van der Waals surface area contributed by atoms with E-state index in [0.29, 0.717) is 19.3 Å². The van der Waals surface area contributed by atoms with Crippen LogP contribution in [0.25, 0.3) is 0 Å². The van der Waals surface area contributed by atoms with Gasteiger partial charge >= 0.3 is 17.9 Å². The number of carbonyl (C=O) groups excluding carboxylic acids is 3. The van der Waals surface area contributed by atoms with Crippen LogP contribution in [0.1, 0.15) is 310 Å². The quantitative estimate of drug-likeness (QED) is 0.0261.